The summed E-state index contributed by atoms with van der Waals surface area (Å²) in [6, 6.07) is 12.8. The number of nitrogens with zero attached hydrogens (tertiary/aromatic N) is 3. The number of rotatable bonds is 3. The van der Waals surface area contributed by atoms with Crippen molar-refractivity contribution in [3.05, 3.63) is 60.0 Å². The molecule has 21 heavy (non-hydrogen) atoms. The first-order valence-electron chi connectivity index (χ1n) is 6.87. The number of carbonyl (C=O) groups excluding carboxylic acids is 1. The fraction of sp³-hybridized carbons (Fsp3) is 0.188. The van der Waals surface area contributed by atoms with Gasteiger partial charge in [-0.25, -0.2) is 9.50 Å². The molecule has 3 aromatic rings. The lowest BCUT2D eigenvalue weighted by molar-refractivity contribution is 0.102. The second-order valence-electron chi connectivity index (χ2n) is 5.13. The topological polar surface area (TPSA) is 59.3 Å². The van der Waals surface area contributed by atoms with E-state index in [4.69, 9.17) is 0 Å². The monoisotopic (exact) mass is 280 g/mol. The minimum absolute atomic E-state index is 0.155. The molecule has 1 N–H and O–H groups in total. The zero-order valence-electron chi connectivity index (χ0n) is 11.9. The molecular weight excluding hydrogens is 264 g/mol. The highest BCUT2D eigenvalue weighted by Gasteiger charge is 2.13. The van der Waals surface area contributed by atoms with Gasteiger partial charge in [0.25, 0.3) is 5.91 Å². The van der Waals surface area contributed by atoms with Gasteiger partial charge in [0.2, 0.25) is 0 Å². The Morgan fingerprint density at radius 2 is 1.90 bits per heavy atom. The molecule has 2 heterocycles. The van der Waals surface area contributed by atoms with E-state index >= 15 is 0 Å². The molecule has 5 nitrogen and oxygen atoms in total. The van der Waals surface area contributed by atoms with Crippen LogP contribution in [-0.2, 0) is 0 Å². The van der Waals surface area contributed by atoms with Crippen molar-refractivity contribution >= 4 is 17.2 Å². The van der Waals surface area contributed by atoms with Crippen LogP contribution in [0.25, 0.3) is 5.65 Å². The molecule has 0 spiro atoms. The van der Waals surface area contributed by atoms with Crippen LogP contribution < -0.4 is 5.32 Å². The summed E-state index contributed by atoms with van der Waals surface area (Å²) in [7, 11) is 0. The van der Waals surface area contributed by atoms with E-state index in [9.17, 15) is 4.79 Å². The largest absolute Gasteiger partial charge is 0.319 e. The number of amides is 1. The number of benzene rings is 1. The lowest BCUT2D eigenvalue weighted by Crippen LogP contribution is -2.12. The van der Waals surface area contributed by atoms with Gasteiger partial charge in [0, 0.05) is 17.7 Å². The molecular formula is C16H16N4O. The van der Waals surface area contributed by atoms with Crippen molar-refractivity contribution in [2.75, 3.05) is 5.32 Å². The quantitative estimate of drug-likeness (QED) is 0.802. The van der Waals surface area contributed by atoms with E-state index in [0.29, 0.717) is 16.9 Å². The van der Waals surface area contributed by atoms with Crippen molar-refractivity contribution in [1.82, 2.24) is 14.6 Å². The fourth-order valence-electron chi connectivity index (χ4n) is 2.05. The molecule has 0 aliphatic carbocycles. The number of carbonyl (C=O) groups is 1. The highest BCUT2D eigenvalue weighted by atomic mass is 16.1. The Hall–Kier alpha value is -2.69. The van der Waals surface area contributed by atoms with Crippen molar-refractivity contribution in [3.63, 3.8) is 0 Å². The van der Waals surface area contributed by atoms with Gasteiger partial charge in [-0.15, -0.1) is 0 Å². The fourth-order valence-corrected chi connectivity index (χ4v) is 2.05. The SMILES string of the molecule is CC(C)c1nc2c(NC(=O)c3ccccc3)cccn2n1. The van der Waals surface area contributed by atoms with E-state index < -0.39 is 0 Å². The molecule has 3 rings (SSSR count). The van der Waals surface area contributed by atoms with E-state index in [1.807, 2.05) is 50.4 Å². The van der Waals surface area contributed by atoms with Crippen LogP contribution in [0.4, 0.5) is 5.69 Å². The summed E-state index contributed by atoms with van der Waals surface area (Å²) >= 11 is 0. The Kier molecular flexibility index (Phi) is 3.39. The third-order valence-electron chi connectivity index (χ3n) is 3.18. The summed E-state index contributed by atoms with van der Waals surface area (Å²) in [6.45, 7) is 4.08. The summed E-state index contributed by atoms with van der Waals surface area (Å²) in [5, 5.41) is 7.30. The van der Waals surface area contributed by atoms with Gasteiger partial charge in [-0.05, 0) is 24.3 Å². The van der Waals surface area contributed by atoms with Crippen molar-refractivity contribution in [2.24, 2.45) is 0 Å². The molecule has 0 saturated heterocycles. The molecule has 2 aromatic heterocycles. The van der Waals surface area contributed by atoms with Crippen LogP contribution in [-0.4, -0.2) is 20.5 Å². The second-order valence-corrected chi connectivity index (χ2v) is 5.13. The molecule has 0 atom stereocenters. The number of fused-ring (bicyclic) bond motifs is 1. The van der Waals surface area contributed by atoms with Crippen molar-refractivity contribution in [1.29, 1.82) is 0 Å². The van der Waals surface area contributed by atoms with Crippen LogP contribution in [0.3, 0.4) is 0 Å². The van der Waals surface area contributed by atoms with Gasteiger partial charge >= 0.3 is 0 Å². The van der Waals surface area contributed by atoms with Crippen LogP contribution in [0.5, 0.6) is 0 Å². The van der Waals surface area contributed by atoms with Crippen molar-refractivity contribution in [3.8, 4) is 0 Å². The van der Waals surface area contributed by atoms with E-state index in [0.717, 1.165) is 5.82 Å². The predicted molar refractivity (Wildman–Crippen MR) is 81.5 cm³/mol. The smallest absolute Gasteiger partial charge is 0.255 e. The summed E-state index contributed by atoms with van der Waals surface area (Å²) < 4.78 is 1.69. The third-order valence-corrected chi connectivity index (χ3v) is 3.18. The zero-order chi connectivity index (χ0) is 14.8. The molecule has 0 aliphatic rings. The Morgan fingerprint density at radius 3 is 2.62 bits per heavy atom. The molecule has 0 aliphatic heterocycles. The summed E-state index contributed by atoms with van der Waals surface area (Å²) in [5.74, 6) is 0.844. The van der Waals surface area contributed by atoms with Gasteiger partial charge in [-0.3, -0.25) is 4.79 Å². The van der Waals surface area contributed by atoms with Crippen LogP contribution in [0.1, 0.15) is 35.9 Å². The number of nitrogens with one attached hydrogen (secondary N) is 1. The average Bonchev–Trinajstić information content (AvgIpc) is 2.93. The average molecular weight is 280 g/mol. The lowest BCUT2D eigenvalue weighted by Gasteiger charge is -2.05. The number of aromatic nitrogens is 3. The van der Waals surface area contributed by atoms with Gasteiger partial charge in [-0.1, -0.05) is 32.0 Å². The predicted octanol–water partition coefficient (Wildman–Crippen LogP) is 3.11. The van der Waals surface area contributed by atoms with Crippen molar-refractivity contribution in [2.45, 2.75) is 19.8 Å². The lowest BCUT2D eigenvalue weighted by atomic mass is 10.2. The summed E-state index contributed by atoms with van der Waals surface area (Å²) in [5.41, 5.74) is 1.93. The molecule has 1 amide bonds. The maximum Gasteiger partial charge on any atom is 0.255 e. The first-order valence-corrected chi connectivity index (χ1v) is 6.87. The molecule has 0 fully saturated rings. The summed E-state index contributed by atoms with van der Waals surface area (Å²) in [4.78, 5) is 16.7. The number of anilines is 1. The van der Waals surface area contributed by atoms with Gasteiger partial charge in [-0.2, -0.15) is 5.10 Å². The highest BCUT2D eigenvalue weighted by molar-refractivity contribution is 6.05. The molecule has 0 radical (unpaired) electrons. The third kappa shape index (κ3) is 2.63. The molecule has 0 saturated carbocycles. The van der Waals surface area contributed by atoms with Gasteiger partial charge < -0.3 is 5.32 Å². The molecule has 5 heteroatoms. The van der Waals surface area contributed by atoms with Crippen LogP contribution >= 0.6 is 0 Å². The maximum atomic E-state index is 12.2. The first kappa shape index (κ1) is 13.3. The molecule has 0 unspecified atom stereocenters. The van der Waals surface area contributed by atoms with E-state index in [1.54, 1.807) is 16.6 Å². The Morgan fingerprint density at radius 1 is 1.14 bits per heavy atom. The summed E-state index contributed by atoms with van der Waals surface area (Å²) in [6.07, 6.45) is 1.83. The zero-order valence-corrected chi connectivity index (χ0v) is 11.9. The first-order chi connectivity index (χ1) is 10.1. The van der Waals surface area contributed by atoms with E-state index in [2.05, 4.69) is 15.4 Å². The second kappa shape index (κ2) is 5.36. The molecule has 0 bridgehead atoms. The number of hydrogen-bond donors (Lipinski definition) is 1. The minimum atomic E-state index is -0.155. The van der Waals surface area contributed by atoms with E-state index in [-0.39, 0.29) is 11.8 Å². The van der Waals surface area contributed by atoms with Crippen LogP contribution in [0, 0.1) is 0 Å². The van der Waals surface area contributed by atoms with Crippen LogP contribution in [0.2, 0.25) is 0 Å². The minimum Gasteiger partial charge on any atom is -0.319 e. The van der Waals surface area contributed by atoms with Gasteiger partial charge in [0.1, 0.15) is 0 Å². The Labute approximate surface area is 122 Å². The molecule has 106 valence electrons. The van der Waals surface area contributed by atoms with Crippen LogP contribution in [0.15, 0.2) is 48.7 Å². The maximum absolute atomic E-state index is 12.2. The molecule has 1 aromatic carbocycles. The standard InChI is InChI=1S/C16H16N4O/c1-11(2)14-18-15-13(9-6-10-20(15)19-14)17-16(21)12-7-4-3-5-8-12/h3-11H,1-2H3,(H,17,21). The normalized spacial score (nSPS) is 11.0. The Bertz CT molecular complexity index is 777. The Balaban J connectivity index is 1.95. The highest BCUT2D eigenvalue weighted by Crippen LogP contribution is 2.18. The van der Waals surface area contributed by atoms with Gasteiger partial charge in [0.15, 0.2) is 11.5 Å². The number of hydrogen-bond acceptors (Lipinski definition) is 3. The number of pyridine rings is 1. The van der Waals surface area contributed by atoms with Gasteiger partial charge in [0.05, 0.1) is 5.69 Å². The van der Waals surface area contributed by atoms with Crippen molar-refractivity contribution < 1.29 is 4.79 Å². The van der Waals surface area contributed by atoms with E-state index in [1.165, 1.54) is 0 Å².